The standard InChI is InChI=1S/C13H17NO3/c1-14-8-4-3-5-10-9-11(13(15)16)6-7-12(10)17-2/h3,5-7,9,14H,4,8H2,1-2H3,(H,15,16). The third kappa shape index (κ3) is 3.92. The number of carbonyl (C=O) groups is 1. The van der Waals surface area contributed by atoms with Crippen LogP contribution >= 0.6 is 0 Å². The summed E-state index contributed by atoms with van der Waals surface area (Å²) in [5.74, 6) is -0.256. The molecule has 0 spiro atoms. The molecule has 92 valence electrons. The zero-order valence-corrected chi connectivity index (χ0v) is 10.1. The first-order valence-electron chi connectivity index (χ1n) is 5.41. The van der Waals surface area contributed by atoms with Crippen LogP contribution in [0.3, 0.4) is 0 Å². The number of benzene rings is 1. The molecular weight excluding hydrogens is 218 g/mol. The van der Waals surface area contributed by atoms with Gasteiger partial charge in [0.15, 0.2) is 0 Å². The maximum Gasteiger partial charge on any atom is 0.335 e. The molecule has 0 radical (unpaired) electrons. The van der Waals surface area contributed by atoms with Crippen LogP contribution < -0.4 is 10.1 Å². The molecule has 1 aromatic carbocycles. The van der Waals surface area contributed by atoms with Crippen molar-refractivity contribution in [1.29, 1.82) is 0 Å². The van der Waals surface area contributed by atoms with Gasteiger partial charge in [0.1, 0.15) is 5.75 Å². The van der Waals surface area contributed by atoms with Crippen molar-refractivity contribution in [3.8, 4) is 5.75 Å². The Morgan fingerprint density at radius 3 is 2.88 bits per heavy atom. The van der Waals surface area contributed by atoms with Crippen molar-refractivity contribution in [1.82, 2.24) is 5.32 Å². The number of aromatic carboxylic acids is 1. The molecule has 1 rings (SSSR count). The Hall–Kier alpha value is -1.81. The molecule has 0 heterocycles. The van der Waals surface area contributed by atoms with Gasteiger partial charge in [0.05, 0.1) is 12.7 Å². The van der Waals surface area contributed by atoms with Crippen LogP contribution in [0.5, 0.6) is 5.75 Å². The van der Waals surface area contributed by atoms with Gasteiger partial charge >= 0.3 is 5.97 Å². The molecule has 0 bridgehead atoms. The lowest BCUT2D eigenvalue weighted by Gasteiger charge is -2.05. The van der Waals surface area contributed by atoms with Crippen molar-refractivity contribution in [3.63, 3.8) is 0 Å². The summed E-state index contributed by atoms with van der Waals surface area (Å²) in [6.07, 6.45) is 4.75. The van der Waals surface area contributed by atoms with Gasteiger partial charge in [0.25, 0.3) is 0 Å². The predicted molar refractivity (Wildman–Crippen MR) is 67.5 cm³/mol. The molecule has 0 aliphatic carbocycles. The summed E-state index contributed by atoms with van der Waals surface area (Å²) in [7, 11) is 3.46. The van der Waals surface area contributed by atoms with E-state index in [1.807, 2.05) is 19.2 Å². The lowest BCUT2D eigenvalue weighted by molar-refractivity contribution is 0.0697. The molecule has 17 heavy (non-hydrogen) atoms. The fourth-order valence-corrected chi connectivity index (χ4v) is 1.44. The highest BCUT2D eigenvalue weighted by Gasteiger charge is 2.06. The van der Waals surface area contributed by atoms with Crippen LogP contribution in [0.4, 0.5) is 0 Å². The fourth-order valence-electron chi connectivity index (χ4n) is 1.44. The first kappa shape index (κ1) is 13.3. The van der Waals surface area contributed by atoms with Crippen LogP contribution in [0, 0.1) is 0 Å². The second-order valence-corrected chi connectivity index (χ2v) is 3.56. The van der Waals surface area contributed by atoms with Crippen molar-refractivity contribution in [3.05, 3.63) is 35.4 Å². The zero-order chi connectivity index (χ0) is 12.7. The maximum absolute atomic E-state index is 10.9. The third-order valence-electron chi connectivity index (χ3n) is 2.34. The molecule has 0 saturated heterocycles. The smallest absolute Gasteiger partial charge is 0.335 e. The molecular formula is C13H17NO3. The van der Waals surface area contributed by atoms with Gasteiger partial charge in [-0.25, -0.2) is 4.79 Å². The van der Waals surface area contributed by atoms with Crippen molar-refractivity contribution >= 4 is 12.0 Å². The zero-order valence-electron chi connectivity index (χ0n) is 10.1. The van der Waals surface area contributed by atoms with Gasteiger partial charge < -0.3 is 15.2 Å². The monoisotopic (exact) mass is 235 g/mol. The first-order valence-corrected chi connectivity index (χ1v) is 5.41. The number of nitrogens with one attached hydrogen (secondary N) is 1. The van der Waals surface area contributed by atoms with Crippen LogP contribution in [0.15, 0.2) is 24.3 Å². The molecule has 0 aliphatic rings. The van der Waals surface area contributed by atoms with Crippen LogP contribution in [0.25, 0.3) is 6.08 Å². The van der Waals surface area contributed by atoms with Gasteiger partial charge in [-0.05, 0) is 38.2 Å². The molecule has 0 saturated carbocycles. The molecule has 4 heteroatoms. The lowest BCUT2D eigenvalue weighted by atomic mass is 10.1. The molecule has 1 aromatic rings. The number of carboxylic acids is 1. The Bertz CT molecular complexity index is 413. The van der Waals surface area contributed by atoms with E-state index in [0.717, 1.165) is 18.5 Å². The predicted octanol–water partition coefficient (Wildman–Crippen LogP) is 2.02. The van der Waals surface area contributed by atoms with Gasteiger partial charge in [0, 0.05) is 5.56 Å². The van der Waals surface area contributed by atoms with E-state index in [2.05, 4.69) is 5.32 Å². The van der Waals surface area contributed by atoms with Crippen LogP contribution in [-0.4, -0.2) is 31.8 Å². The van der Waals surface area contributed by atoms with Gasteiger partial charge in [-0.3, -0.25) is 0 Å². The number of rotatable bonds is 6. The largest absolute Gasteiger partial charge is 0.496 e. The van der Waals surface area contributed by atoms with Gasteiger partial charge in [0.2, 0.25) is 0 Å². The molecule has 0 unspecified atom stereocenters. The number of hydrogen-bond donors (Lipinski definition) is 2. The van der Waals surface area contributed by atoms with Crippen molar-refractivity contribution < 1.29 is 14.6 Å². The topological polar surface area (TPSA) is 58.6 Å². The van der Waals surface area contributed by atoms with Gasteiger partial charge in [-0.1, -0.05) is 12.2 Å². The summed E-state index contributed by atoms with van der Waals surface area (Å²) >= 11 is 0. The van der Waals surface area contributed by atoms with Gasteiger partial charge in [-0.2, -0.15) is 0 Å². The number of hydrogen-bond acceptors (Lipinski definition) is 3. The SMILES string of the molecule is CNCCC=Cc1cc(C(=O)O)ccc1OC. The summed E-state index contributed by atoms with van der Waals surface area (Å²) in [6.45, 7) is 0.886. The molecule has 0 aromatic heterocycles. The molecule has 0 atom stereocenters. The van der Waals surface area contributed by atoms with Gasteiger partial charge in [-0.15, -0.1) is 0 Å². The highest BCUT2D eigenvalue weighted by molar-refractivity contribution is 5.88. The fraction of sp³-hybridized carbons (Fsp3) is 0.308. The summed E-state index contributed by atoms with van der Waals surface area (Å²) < 4.78 is 5.18. The minimum Gasteiger partial charge on any atom is -0.496 e. The average Bonchev–Trinajstić information content (AvgIpc) is 2.34. The van der Waals surface area contributed by atoms with E-state index in [1.54, 1.807) is 19.2 Å². The number of carboxylic acid groups (broad SMARTS) is 1. The minimum atomic E-state index is -0.933. The van der Waals surface area contributed by atoms with Crippen molar-refractivity contribution in [2.75, 3.05) is 20.7 Å². The van der Waals surface area contributed by atoms with Crippen molar-refractivity contribution in [2.45, 2.75) is 6.42 Å². The highest BCUT2D eigenvalue weighted by atomic mass is 16.5. The number of ether oxygens (including phenoxy) is 1. The number of methoxy groups -OCH3 is 1. The molecule has 4 nitrogen and oxygen atoms in total. The van der Waals surface area contributed by atoms with Crippen molar-refractivity contribution in [2.24, 2.45) is 0 Å². The summed E-state index contributed by atoms with van der Waals surface area (Å²) in [4.78, 5) is 10.9. The van der Waals surface area contributed by atoms with E-state index in [9.17, 15) is 4.79 Å². The second-order valence-electron chi connectivity index (χ2n) is 3.56. The summed E-state index contributed by atoms with van der Waals surface area (Å²) in [5, 5.41) is 11.9. The minimum absolute atomic E-state index is 0.263. The van der Waals surface area contributed by atoms with E-state index in [0.29, 0.717) is 5.75 Å². The van der Waals surface area contributed by atoms with Crippen LogP contribution in [0.2, 0.25) is 0 Å². The second kappa shape index (κ2) is 6.70. The van der Waals surface area contributed by atoms with Crippen LogP contribution in [-0.2, 0) is 0 Å². The van der Waals surface area contributed by atoms with E-state index < -0.39 is 5.97 Å². The summed E-state index contributed by atoms with van der Waals surface area (Å²) in [5.41, 5.74) is 1.04. The summed E-state index contributed by atoms with van der Waals surface area (Å²) in [6, 6.07) is 4.81. The molecule has 0 fully saturated rings. The maximum atomic E-state index is 10.9. The molecule has 0 aliphatic heterocycles. The van der Waals surface area contributed by atoms with E-state index >= 15 is 0 Å². The third-order valence-corrected chi connectivity index (χ3v) is 2.34. The molecule has 2 N–H and O–H groups in total. The Labute approximate surface area is 101 Å². The van der Waals surface area contributed by atoms with Crippen LogP contribution in [0.1, 0.15) is 22.3 Å². The normalized spacial score (nSPS) is 10.7. The highest BCUT2D eigenvalue weighted by Crippen LogP contribution is 2.21. The Morgan fingerprint density at radius 1 is 1.53 bits per heavy atom. The average molecular weight is 235 g/mol. The first-order chi connectivity index (χ1) is 8.19. The lowest BCUT2D eigenvalue weighted by Crippen LogP contribution is -2.05. The van der Waals surface area contributed by atoms with E-state index in [4.69, 9.17) is 9.84 Å². The Morgan fingerprint density at radius 2 is 2.29 bits per heavy atom. The Balaban J connectivity index is 2.90. The molecule has 0 amide bonds. The quantitative estimate of drug-likeness (QED) is 0.740. The Kier molecular flexibility index (Phi) is 5.23. The van der Waals surface area contributed by atoms with E-state index in [1.165, 1.54) is 6.07 Å². The van der Waals surface area contributed by atoms with E-state index in [-0.39, 0.29) is 5.56 Å².